The first-order valence-electron chi connectivity index (χ1n) is 16.6. The van der Waals surface area contributed by atoms with Crippen LogP contribution in [0.2, 0.25) is 0 Å². The van der Waals surface area contributed by atoms with Crippen LogP contribution in [-0.4, -0.2) is 0 Å². The molecule has 0 heterocycles. The molecule has 0 spiro atoms. The van der Waals surface area contributed by atoms with E-state index < -0.39 is 14.7 Å². The van der Waals surface area contributed by atoms with Crippen molar-refractivity contribution in [1.29, 1.82) is 0 Å². The van der Waals surface area contributed by atoms with Crippen LogP contribution in [0.1, 0.15) is 44.5 Å². The molecule has 0 radical (unpaired) electrons. The van der Waals surface area contributed by atoms with Crippen molar-refractivity contribution in [3.8, 4) is 11.5 Å². The fourth-order valence-corrected chi connectivity index (χ4v) is 10.8. The molecule has 49 heavy (non-hydrogen) atoms. The van der Waals surface area contributed by atoms with Gasteiger partial charge in [0.05, 0.1) is 24.6 Å². The van der Waals surface area contributed by atoms with Crippen LogP contribution in [0.5, 0.6) is 11.5 Å². The summed E-state index contributed by atoms with van der Waals surface area (Å²) >= 11 is 0. The Bertz CT molecular complexity index is 1820. The van der Waals surface area contributed by atoms with Crippen molar-refractivity contribution in [2.45, 2.75) is 44.9 Å². The maximum Gasteiger partial charge on any atom is 0.256 e. The topological polar surface area (TPSA) is 52.6 Å². The van der Waals surface area contributed by atoms with Crippen LogP contribution in [0, 0.1) is 13.8 Å². The molecule has 6 aromatic carbocycles. The minimum absolute atomic E-state index is 0.362. The van der Waals surface area contributed by atoms with Gasteiger partial charge >= 0.3 is 0 Å². The van der Waals surface area contributed by atoms with Crippen LogP contribution in [0.3, 0.4) is 0 Å². The molecule has 0 aliphatic rings. The highest BCUT2D eigenvalue weighted by Gasteiger charge is 2.28. The van der Waals surface area contributed by atoms with E-state index in [1.165, 1.54) is 0 Å². The first-order valence-corrected chi connectivity index (χ1v) is 20.6. The molecule has 0 bridgehead atoms. The SMILES string of the molecule is Cc1cc(Cc2ccc(OP(=O)(Cc3ccccc3)Cc3ccccc3)c(C)c2)ccc1OP(=O)(Cc1ccccc1)Cc1ccccc1. The van der Waals surface area contributed by atoms with Gasteiger partial charge in [-0.1, -0.05) is 146 Å². The highest BCUT2D eigenvalue weighted by atomic mass is 31.2. The van der Waals surface area contributed by atoms with Gasteiger partial charge in [-0.25, -0.2) is 0 Å². The lowest BCUT2D eigenvalue weighted by molar-refractivity contribution is 0.476. The molecule has 6 heteroatoms. The predicted molar refractivity (Wildman–Crippen MR) is 202 cm³/mol. The maximum atomic E-state index is 14.4. The molecule has 0 N–H and O–H groups in total. The van der Waals surface area contributed by atoms with E-state index in [-0.39, 0.29) is 0 Å². The second kappa shape index (κ2) is 15.7. The van der Waals surface area contributed by atoms with Gasteiger partial charge in [0, 0.05) is 0 Å². The first kappa shape index (κ1) is 34.3. The zero-order valence-electron chi connectivity index (χ0n) is 28.1. The molecule has 0 aromatic heterocycles. The summed E-state index contributed by atoms with van der Waals surface area (Å²) in [6.07, 6.45) is 2.16. The number of benzene rings is 6. The third-order valence-electron chi connectivity index (χ3n) is 8.48. The summed E-state index contributed by atoms with van der Waals surface area (Å²) in [5.74, 6) is 1.29. The van der Waals surface area contributed by atoms with Gasteiger partial charge in [-0.2, -0.15) is 0 Å². The Balaban J connectivity index is 1.17. The zero-order chi connectivity index (χ0) is 34.1. The van der Waals surface area contributed by atoms with Crippen molar-refractivity contribution >= 4 is 14.7 Å². The summed E-state index contributed by atoms with van der Waals surface area (Å²) in [4.78, 5) is 0. The van der Waals surface area contributed by atoms with Crippen molar-refractivity contribution < 1.29 is 18.2 Å². The van der Waals surface area contributed by atoms with Gasteiger partial charge < -0.3 is 9.05 Å². The molecule has 0 atom stereocenters. The van der Waals surface area contributed by atoms with Gasteiger partial charge in [-0.15, -0.1) is 0 Å². The Labute approximate surface area is 290 Å². The van der Waals surface area contributed by atoms with Crippen molar-refractivity contribution in [1.82, 2.24) is 0 Å². The van der Waals surface area contributed by atoms with Crippen LogP contribution in [0.4, 0.5) is 0 Å². The van der Waals surface area contributed by atoms with E-state index in [0.717, 1.165) is 44.5 Å². The lowest BCUT2D eigenvalue weighted by Crippen LogP contribution is -2.03. The molecule has 0 amide bonds. The van der Waals surface area contributed by atoms with Gasteiger partial charge in [0.25, 0.3) is 14.7 Å². The smallest absolute Gasteiger partial charge is 0.256 e. The van der Waals surface area contributed by atoms with E-state index in [1.807, 2.05) is 159 Å². The van der Waals surface area contributed by atoms with E-state index in [1.54, 1.807) is 0 Å². The van der Waals surface area contributed by atoms with Gasteiger partial charge in [0.2, 0.25) is 0 Å². The van der Waals surface area contributed by atoms with Crippen molar-refractivity contribution in [2.75, 3.05) is 0 Å². The minimum Gasteiger partial charge on any atom is -0.442 e. The van der Waals surface area contributed by atoms with Crippen molar-refractivity contribution in [3.05, 3.63) is 202 Å². The van der Waals surface area contributed by atoms with E-state index in [4.69, 9.17) is 9.05 Å². The molecular formula is C43H42O4P2. The standard InChI is InChI=1S/C43H42O4P2/c1-34-27-40(23-25-42(34)46-48(44,30-36-15-7-3-8-16-36)31-37-17-9-4-10-18-37)29-41-24-26-43(35(2)28-41)47-49(45,32-38-19-11-5-12-20-38)33-39-21-13-6-14-22-39/h3-28H,29-33H2,1-2H3. The average Bonchev–Trinajstić information content (AvgIpc) is 3.09. The van der Waals surface area contributed by atoms with Crippen molar-refractivity contribution in [2.24, 2.45) is 0 Å². The highest BCUT2D eigenvalue weighted by Crippen LogP contribution is 2.55. The fourth-order valence-electron chi connectivity index (χ4n) is 6.13. The highest BCUT2D eigenvalue weighted by molar-refractivity contribution is 7.58. The first-order chi connectivity index (χ1) is 23.7. The number of rotatable bonds is 14. The van der Waals surface area contributed by atoms with Gasteiger partial charge in [-0.05, 0) is 76.9 Å². The largest absolute Gasteiger partial charge is 0.442 e. The summed E-state index contributed by atoms with van der Waals surface area (Å²) in [5, 5.41) is 0. The van der Waals surface area contributed by atoms with Crippen LogP contribution in [0.15, 0.2) is 158 Å². The lowest BCUT2D eigenvalue weighted by atomic mass is 10.0. The molecular weight excluding hydrogens is 642 g/mol. The molecule has 0 saturated heterocycles. The van der Waals surface area contributed by atoms with E-state index in [2.05, 4.69) is 12.1 Å². The second-order valence-corrected chi connectivity index (χ2v) is 17.7. The number of hydrogen-bond donors (Lipinski definition) is 0. The normalized spacial score (nSPS) is 11.6. The van der Waals surface area contributed by atoms with Crippen LogP contribution in [0.25, 0.3) is 0 Å². The van der Waals surface area contributed by atoms with E-state index in [9.17, 15) is 9.13 Å². The summed E-state index contributed by atoms with van der Waals surface area (Å²) < 4.78 is 41.6. The Morgan fingerprint density at radius 2 is 0.673 bits per heavy atom. The molecule has 6 aromatic rings. The van der Waals surface area contributed by atoms with Crippen LogP contribution >= 0.6 is 14.7 Å². The molecule has 4 nitrogen and oxygen atoms in total. The lowest BCUT2D eigenvalue weighted by Gasteiger charge is -2.22. The summed E-state index contributed by atoms with van der Waals surface area (Å²) in [5.41, 5.74) is 8.11. The summed E-state index contributed by atoms with van der Waals surface area (Å²) in [6.45, 7) is 4.01. The molecule has 6 rings (SSSR count). The predicted octanol–water partition coefficient (Wildman–Crippen LogP) is 12.0. The van der Waals surface area contributed by atoms with Crippen LogP contribution < -0.4 is 9.05 Å². The Morgan fingerprint density at radius 1 is 0.388 bits per heavy atom. The summed E-state index contributed by atoms with van der Waals surface area (Å²) in [7, 11) is -6.21. The number of hydrogen-bond acceptors (Lipinski definition) is 4. The molecule has 0 aliphatic carbocycles. The van der Waals surface area contributed by atoms with Crippen molar-refractivity contribution in [3.63, 3.8) is 0 Å². The number of aryl methyl sites for hydroxylation is 2. The fraction of sp³-hybridized carbons (Fsp3) is 0.163. The third kappa shape index (κ3) is 9.73. The molecule has 0 aliphatic heterocycles. The van der Waals surface area contributed by atoms with Gasteiger partial charge in [-0.3, -0.25) is 9.13 Å². The Morgan fingerprint density at radius 3 is 0.939 bits per heavy atom. The molecule has 0 saturated carbocycles. The monoisotopic (exact) mass is 684 g/mol. The third-order valence-corrected chi connectivity index (χ3v) is 12.9. The molecule has 248 valence electrons. The summed E-state index contributed by atoms with van der Waals surface area (Å²) in [6, 6.07) is 51.8. The van der Waals surface area contributed by atoms with E-state index in [0.29, 0.717) is 42.6 Å². The van der Waals surface area contributed by atoms with Gasteiger partial charge in [0.15, 0.2) is 0 Å². The van der Waals surface area contributed by atoms with E-state index >= 15 is 0 Å². The zero-order valence-corrected chi connectivity index (χ0v) is 29.9. The molecule has 0 fully saturated rings. The molecule has 0 unspecified atom stereocenters. The quantitative estimate of drug-likeness (QED) is 0.107. The average molecular weight is 685 g/mol. The van der Waals surface area contributed by atoms with Crippen LogP contribution in [-0.2, 0) is 40.2 Å². The van der Waals surface area contributed by atoms with Gasteiger partial charge in [0.1, 0.15) is 11.5 Å². The Kier molecular flexibility index (Phi) is 11.0. The second-order valence-electron chi connectivity index (χ2n) is 12.8. The Hall–Kier alpha value is -4.62. The maximum absolute atomic E-state index is 14.4. The minimum atomic E-state index is -3.11.